The molecule has 0 radical (unpaired) electrons. The molecule has 0 aliphatic carbocycles. The minimum absolute atomic E-state index is 0.136. The molecule has 34 heteroatoms. The molecule has 34 nitrogen and oxygen atoms in total. The van der Waals surface area contributed by atoms with Gasteiger partial charge in [-0.25, -0.2) is 4.79 Å². The minimum Gasteiger partial charge on any atom is -0.477 e. The van der Waals surface area contributed by atoms with E-state index in [1.54, 1.807) is 6.08 Å². The number of amides is 3. The number of carboxylic acids is 1. The number of ether oxygens (including phenoxy) is 10. The third-order valence-corrected chi connectivity index (χ3v) is 22.3. The fourth-order valence-corrected chi connectivity index (χ4v) is 15.6. The average Bonchev–Trinajstić information content (AvgIpc) is 0.745. The number of hydrogen-bond donors (Lipinski definition) is 20. The molecule has 0 aromatic heterocycles. The second-order valence-corrected chi connectivity index (χ2v) is 31.8. The summed E-state index contributed by atoms with van der Waals surface area (Å²) in [5.41, 5.74) is 0. The number of carboxylic acid groups (broad SMARTS) is 1. The van der Waals surface area contributed by atoms with E-state index in [0.717, 1.165) is 71.6 Å². The molecule has 0 saturated carbocycles. The predicted molar refractivity (Wildman–Crippen MR) is 411 cm³/mol. The van der Waals surface area contributed by atoms with Gasteiger partial charge in [0.1, 0.15) is 116 Å². The Morgan fingerprint density at radius 2 is 0.868 bits per heavy atom. The lowest BCUT2D eigenvalue weighted by Gasteiger charge is -2.52. The Hall–Kier alpha value is -3.42. The third kappa shape index (κ3) is 32.9. The van der Waals surface area contributed by atoms with Gasteiger partial charge in [0, 0.05) is 26.7 Å². The smallest absolute Gasteiger partial charge is 0.364 e. The Labute approximate surface area is 672 Å². The summed E-state index contributed by atoms with van der Waals surface area (Å²) in [7, 11) is 0. The Morgan fingerprint density at radius 1 is 0.456 bits per heavy atom. The van der Waals surface area contributed by atoms with Crippen LogP contribution in [0.5, 0.6) is 0 Å². The van der Waals surface area contributed by atoms with Crippen LogP contribution in [0.25, 0.3) is 0 Å². The van der Waals surface area contributed by atoms with Crippen LogP contribution in [-0.2, 0) is 66.5 Å². The zero-order chi connectivity index (χ0) is 83.7. The lowest BCUT2D eigenvalue weighted by atomic mass is 9.88. The highest BCUT2D eigenvalue weighted by Gasteiger charge is 2.62. The van der Waals surface area contributed by atoms with Crippen molar-refractivity contribution in [2.24, 2.45) is 0 Å². The van der Waals surface area contributed by atoms with Crippen LogP contribution in [0, 0.1) is 0 Å². The molecular weight excluding hydrogens is 1500 g/mol. The number of allylic oxidation sites excluding steroid dienone is 1. The molecule has 2 unspecified atom stereocenters. The van der Waals surface area contributed by atoms with E-state index in [4.69, 9.17) is 47.4 Å². The summed E-state index contributed by atoms with van der Waals surface area (Å²) in [5, 5.41) is 197. The van der Waals surface area contributed by atoms with Crippen LogP contribution < -0.4 is 16.0 Å². The maximum atomic E-state index is 13.8. The van der Waals surface area contributed by atoms with E-state index in [9.17, 15) is 106 Å². The van der Waals surface area contributed by atoms with Crippen molar-refractivity contribution in [2.45, 2.75) is 430 Å². The van der Waals surface area contributed by atoms with Gasteiger partial charge in [-0.05, 0) is 19.3 Å². The van der Waals surface area contributed by atoms with Gasteiger partial charge >= 0.3 is 5.97 Å². The van der Waals surface area contributed by atoms with E-state index < -0.39 is 235 Å². The fourth-order valence-electron chi connectivity index (χ4n) is 15.6. The molecule has 0 spiro atoms. The van der Waals surface area contributed by atoms with Crippen LogP contribution in [0.4, 0.5) is 0 Å². The lowest BCUT2D eigenvalue weighted by Crippen LogP contribution is -2.72. The van der Waals surface area contributed by atoms with E-state index in [1.807, 2.05) is 6.08 Å². The first kappa shape index (κ1) is 101. The average molecular weight is 1650 g/mol. The van der Waals surface area contributed by atoms with Gasteiger partial charge in [-0.3, -0.25) is 14.4 Å². The zero-order valence-corrected chi connectivity index (χ0v) is 67.8. The maximum absolute atomic E-state index is 13.8. The summed E-state index contributed by atoms with van der Waals surface area (Å²) in [4.78, 5) is 53.1. The second-order valence-electron chi connectivity index (χ2n) is 31.8. The molecule has 0 aromatic rings. The van der Waals surface area contributed by atoms with Gasteiger partial charge in [0.2, 0.25) is 17.7 Å². The summed E-state index contributed by atoms with van der Waals surface area (Å²) in [6.07, 6.45) is -7.01. The number of aliphatic hydroxyl groups excluding tert-OH is 16. The molecular formula is C80H145N3O31. The number of carbonyl (C=O) groups is 4. The molecule has 20 N–H and O–H groups in total. The molecule has 5 heterocycles. The highest BCUT2D eigenvalue weighted by molar-refractivity contribution is 5.77. The monoisotopic (exact) mass is 1640 g/mol. The second kappa shape index (κ2) is 55.5. The van der Waals surface area contributed by atoms with E-state index in [-0.39, 0.29) is 12.3 Å². The number of carbonyl (C=O) groups excluding carboxylic acids is 3. The van der Waals surface area contributed by atoms with E-state index in [1.165, 1.54) is 148 Å². The van der Waals surface area contributed by atoms with Gasteiger partial charge in [-0.15, -0.1) is 0 Å². The molecule has 0 aromatic carbocycles. The first-order chi connectivity index (χ1) is 54.8. The molecule has 3 amide bonds. The number of nitrogens with one attached hydrogen (secondary N) is 3. The molecule has 5 fully saturated rings. The number of unbranched alkanes of at least 4 members (excludes halogenated alkanes) is 32. The van der Waals surface area contributed by atoms with Crippen molar-refractivity contribution in [3.8, 4) is 0 Å². The van der Waals surface area contributed by atoms with Gasteiger partial charge in [0.25, 0.3) is 5.79 Å². The largest absolute Gasteiger partial charge is 0.477 e. The maximum Gasteiger partial charge on any atom is 0.364 e. The van der Waals surface area contributed by atoms with Crippen LogP contribution in [0.15, 0.2) is 12.2 Å². The molecule has 0 bridgehead atoms. The Morgan fingerprint density at radius 3 is 1.35 bits per heavy atom. The molecule has 28 atom stereocenters. The van der Waals surface area contributed by atoms with Gasteiger partial charge in [-0.1, -0.05) is 225 Å². The molecule has 5 aliphatic rings. The van der Waals surface area contributed by atoms with Gasteiger partial charge in [0.15, 0.2) is 25.2 Å². The van der Waals surface area contributed by atoms with Gasteiger partial charge in [-0.2, -0.15) is 0 Å². The van der Waals surface area contributed by atoms with E-state index >= 15 is 0 Å². The minimum atomic E-state index is -3.38. The molecule has 666 valence electrons. The van der Waals surface area contributed by atoms with Crippen molar-refractivity contribution in [3.63, 3.8) is 0 Å². The van der Waals surface area contributed by atoms with E-state index in [0.29, 0.717) is 12.8 Å². The number of rotatable bonds is 59. The van der Waals surface area contributed by atoms with Gasteiger partial charge in [0.05, 0.1) is 63.9 Å². The molecule has 114 heavy (non-hydrogen) atoms. The van der Waals surface area contributed by atoms with Crippen LogP contribution in [0.1, 0.15) is 259 Å². The SMILES string of the molecule is CCCCCCCCCCCCCC=C[C@@H](O)[C@H](CO[C@@H]1O[C@H](CO)[C@@H](O[C@@H]2O[C@H](CO)[C@H](O[C@@H]3O[C@H](CO)[C@H](O)[C@H](O[C@@H]4O[C@H](CO)[C@H](O)[C@H](O)[C@H]4O)[C@H]3NC(C)=O)[C@H](O[C@]3(C(=O)O)C[C@H](O)[C@@H](NC(C)=O)C([C@@H](O)[C@@H](O)CO)O3)[C@H]2O)[C@H](O)C1O)NC(=O)CCCCCCCCCCCCCCCCCCCCCCCC. The first-order valence-corrected chi connectivity index (χ1v) is 42.6. The fraction of sp³-hybridized carbons (Fsp3) is 0.925. The van der Waals surface area contributed by atoms with Crippen molar-refractivity contribution in [3.05, 3.63) is 12.2 Å². The lowest BCUT2D eigenvalue weighted by molar-refractivity contribution is -0.403. The zero-order valence-electron chi connectivity index (χ0n) is 67.8. The van der Waals surface area contributed by atoms with Crippen molar-refractivity contribution >= 4 is 23.7 Å². The summed E-state index contributed by atoms with van der Waals surface area (Å²) < 4.78 is 60.2. The topological polar surface area (TPSA) is 541 Å². The van der Waals surface area contributed by atoms with E-state index in [2.05, 4.69) is 29.8 Å². The van der Waals surface area contributed by atoms with Crippen molar-refractivity contribution in [1.82, 2.24) is 16.0 Å². The Balaban J connectivity index is 1.33. The third-order valence-electron chi connectivity index (χ3n) is 22.3. The molecule has 5 aliphatic heterocycles. The van der Waals surface area contributed by atoms with Crippen LogP contribution >= 0.6 is 0 Å². The Kier molecular flexibility index (Phi) is 49.2. The normalized spacial score (nSPS) is 33.2. The number of hydrogen-bond acceptors (Lipinski definition) is 30. The van der Waals surface area contributed by atoms with Crippen molar-refractivity contribution in [1.29, 1.82) is 0 Å². The van der Waals surface area contributed by atoms with Crippen LogP contribution in [-0.4, -0.2) is 321 Å². The van der Waals surface area contributed by atoms with Crippen LogP contribution in [0.3, 0.4) is 0 Å². The summed E-state index contributed by atoms with van der Waals surface area (Å²) in [6.45, 7) is 0.360. The highest BCUT2D eigenvalue weighted by Crippen LogP contribution is 2.41. The standard InChI is InChI=1S/C80H145N3O31/c1-5-7-9-11-13-15-17-19-20-21-22-23-24-25-26-27-29-31-33-35-37-39-41-59(94)83-51(52(91)40-38-36-34-32-30-28-18-16-14-12-10-8-6-2)48-105-76-68(101)66(99)70(57(46-87)108-76)110-78-69(102)74(114-80(79(103)104)42-53(92)60(81-49(3)89)73(113-80)62(95)54(93)43-84)71(58(47-88)109-78)111-75-61(82-50(4)90)72(64(97)56(45-86)106-75)112-77-67(100)65(98)63(96)55(44-85)107-77/h38,40,51-58,60-78,84-88,91-93,95-102H,5-37,39,41-48H2,1-4H3,(H,81,89)(H,82,90)(H,83,94)(H,103,104)/t51-,52+,53-,54-,55+,56+,57+,58+,60+,61+,62-,63-,64-,65-,66+,67+,68?,69+,70+,71-,72+,73?,74+,75-,76+,77-,78-,80-/m0/s1. The molecule has 5 rings (SSSR count). The van der Waals surface area contributed by atoms with Crippen molar-refractivity contribution < 1.29 is 153 Å². The predicted octanol–water partition coefficient (Wildman–Crippen LogP) is 1.69. The van der Waals surface area contributed by atoms with Crippen LogP contribution in [0.2, 0.25) is 0 Å². The first-order valence-electron chi connectivity index (χ1n) is 42.6. The summed E-state index contributed by atoms with van der Waals surface area (Å²) in [5.74, 6) is -7.70. The summed E-state index contributed by atoms with van der Waals surface area (Å²) in [6, 6.07) is -4.81. The van der Waals surface area contributed by atoms with Gasteiger partial charge < -0.3 is 150 Å². The quantitative estimate of drug-likeness (QED) is 0.0304. The summed E-state index contributed by atoms with van der Waals surface area (Å²) >= 11 is 0. The van der Waals surface area contributed by atoms with Crippen molar-refractivity contribution in [2.75, 3.05) is 39.6 Å². The highest BCUT2D eigenvalue weighted by atomic mass is 16.8. The number of aliphatic hydroxyl groups is 16. The molecule has 5 saturated heterocycles. The Bertz CT molecular complexity index is 2630. The number of aliphatic carboxylic acids is 1.